The highest BCUT2D eigenvalue weighted by Crippen LogP contribution is 2.33. The zero-order valence-corrected chi connectivity index (χ0v) is 12.8. The van der Waals surface area contributed by atoms with Gasteiger partial charge in [0.25, 0.3) is 0 Å². The van der Waals surface area contributed by atoms with Crippen LogP contribution in [0.1, 0.15) is 46.0 Å². The zero-order valence-electron chi connectivity index (χ0n) is 12.8. The van der Waals surface area contributed by atoms with Crippen molar-refractivity contribution < 1.29 is 19.5 Å². The van der Waals surface area contributed by atoms with E-state index in [1.807, 2.05) is 6.92 Å². The molecule has 21 heavy (non-hydrogen) atoms. The predicted molar refractivity (Wildman–Crippen MR) is 77.7 cm³/mol. The minimum atomic E-state index is -1.15. The number of hydrogen-bond donors (Lipinski definition) is 2. The molecule has 1 aliphatic rings. The topological polar surface area (TPSA) is 104 Å². The Kier molecular flexibility index (Phi) is 5.99. The fourth-order valence-electron chi connectivity index (χ4n) is 2.85. The lowest BCUT2D eigenvalue weighted by Crippen LogP contribution is -2.57. The Morgan fingerprint density at radius 1 is 1.33 bits per heavy atom. The first-order valence-electron chi connectivity index (χ1n) is 7.47. The van der Waals surface area contributed by atoms with Gasteiger partial charge < -0.3 is 20.6 Å². The number of nitrogens with two attached hydrogens (primary N) is 1. The number of carbonyl (C=O) groups excluding carboxylic acids is 2. The van der Waals surface area contributed by atoms with Crippen LogP contribution in [0.3, 0.4) is 0 Å². The molecule has 1 unspecified atom stereocenters. The number of nitrogens with zero attached hydrogens (tertiary/aromatic N) is 2. The molecule has 0 bridgehead atoms. The monoisotopic (exact) mass is 299 g/mol. The quantitative estimate of drug-likeness (QED) is 0.732. The van der Waals surface area contributed by atoms with E-state index in [2.05, 4.69) is 0 Å². The molecule has 7 heteroatoms. The minimum Gasteiger partial charge on any atom is -0.479 e. The smallest absolute Gasteiger partial charge is 0.329 e. The molecule has 0 aromatic heterocycles. The van der Waals surface area contributed by atoms with E-state index < -0.39 is 23.4 Å². The second-order valence-electron chi connectivity index (χ2n) is 5.47. The van der Waals surface area contributed by atoms with Crippen LogP contribution in [0.15, 0.2) is 0 Å². The third-order valence-corrected chi connectivity index (χ3v) is 4.10. The molecule has 7 nitrogen and oxygen atoms in total. The molecular formula is C14H25N3O4. The first-order chi connectivity index (χ1) is 9.89. The molecule has 1 heterocycles. The van der Waals surface area contributed by atoms with Gasteiger partial charge in [0.05, 0.1) is 0 Å². The number of hydrogen-bond acceptors (Lipinski definition) is 3. The molecule has 1 aliphatic heterocycles. The third kappa shape index (κ3) is 3.65. The summed E-state index contributed by atoms with van der Waals surface area (Å²) in [7, 11) is 0. The summed E-state index contributed by atoms with van der Waals surface area (Å²) >= 11 is 0. The maximum Gasteiger partial charge on any atom is 0.329 e. The molecule has 0 aromatic rings. The van der Waals surface area contributed by atoms with Gasteiger partial charge in [0, 0.05) is 13.1 Å². The molecule has 1 saturated heterocycles. The Morgan fingerprint density at radius 3 is 2.48 bits per heavy atom. The van der Waals surface area contributed by atoms with E-state index in [9.17, 15) is 19.5 Å². The number of unbranched alkanes of at least 4 members (excludes halogenated alkanes) is 1. The number of carboxylic acid groups (broad SMARTS) is 1. The van der Waals surface area contributed by atoms with E-state index in [0.29, 0.717) is 32.4 Å². The van der Waals surface area contributed by atoms with Crippen LogP contribution >= 0.6 is 0 Å². The van der Waals surface area contributed by atoms with Gasteiger partial charge in [-0.05, 0) is 25.7 Å². The van der Waals surface area contributed by atoms with Crippen LogP contribution < -0.4 is 5.73 Å². The summed E-state index contributed by atoms with van der Waals surface area (Å²) in [6, 6.07) is -0.399. The lowest BCUT2D eigenvalue weighted by molar-refractivity contribution is -0.148. The summed E-state index contributed by atoms with van der Waals surface area (Å²) in [4.78, 5) is 38.2. The van der Waals surface area contributed by atoms with Crippen molar-refractivity contribution in [2.45, 2.75) is 51.5 Å². The number of amides is 3. The fraction of sp³-hybridized carbons (Fsp3) is 0.786. The predicted octanol–water partition coefficient (Wildman–Crippen LogP) is 1.02. The number of primary amides is 1. The maximum atomic E-state index is 12.6. The molecule has 0 radical (unpaired) electrons. The Balaban J connectivity index is 2.95. The lowest BCUT2D eigenvalue weighted by atomic mass is 9.93. The SMILES string of the molecule is CCCCN(CC(N)=O)C(=O)N1CCCC1(CC)C(=O)O. The summed E-state index contributed by atoms with van der Waals surface area (Å²) in [5.74, 6) is -1.57. The van der Waals surface area contributed by atoms with Crippen LogP contribution in [-0.4, -0.2) is 58.0 Å². The molecule has 0 aliphatic carbocycles. The molecule has 1 fully saturated rings. The number of aliphatic carboxylic acids is 1. The van der Waals surface area contributed by atoms with Crippen molar-refractivity contribution in [3.63, 3.8) is 0 Å². The largest absolute Gasteiger partial charge is 0.479 e. The van der Waals surface area contributed by atoms with Crippen molar-refractivity contribution in [1.29, 1.82) is 0 Å². The summed E-state index contributed by atoms with van der Waals surface area (Å²) in [6.07, 6.45) is 3.08. The molecule has 0 spiro atoms. The van der Waals surface area contributed by atoms with Crippen molar-refractivity contribution in [2.75, 3.05) is 19.6 Å². The fourth-order valence-corrected chi connectivity index (χ4v) is 2.85. The molecule has 0 saturated carbocycles. The Labute approximate surface area is 125 Å². The highest BCUT2D eigenvalue weighted by Gasteiger charge is 2.49. The molecule has 0 aromatic carbocycles. The van der Waals surface area contributed by atoms with Gasteiger partial charge in [-0.1, -0.05) is 20.3 Å². The summed E-state index contributed by atoms with van der Waals surface area (Å²) in [6.45, 7) is 4.39. The van der Waals surface area contributed by atoms with Crippen molar-refractivity contribution >= 4 is 17.9 Å². The molecule has 1 atom stereocenters. The Hall–Kier alpha value is -1.79. The number of likely N-dealkylation sites (tertiary alicyclic amines) is 1. The van der Waals surface area contributed by atoms with Gasteiger partial charge in [-0.3, -0.25) is 4.79 Å². The van der Waals surface area contributed by atoms with Crippen molar-refractivity contribution in [3.8, 4) is 0 Å². The third-order valence-electron chi connectivity index (χ3n) is 4.10. The first kappa shape index (κ1) is 17.3. The molecule has 1 rings (SSSR count). The molecule has 3 amide bonds. The van der Waals surface area contributed by atoms with Gasteiger partial charge in [0.15, 0.2) is 0 Å². The Bertz CT molecular complexity index is 413. The van der Waals surface area contributed by atoms with Gasteiger partial charge in [0.2, 0.25) is 5.91 Å². The highest BCUT2D eigenvalue weighted by atomic mass is 16.4. The minimum absolute atomic E-state index is 0.172. The summed E-state index contributed by atoms with van der Waals surface area (Å²) in [5.41, 5.74) is 4.04. The molecule has 3 N–H and O–H groups in total. The van der Waals surface area contributed by atoms with Crippen LogP contribution in [0.2, 0.25) is 0 Å². The van der Waals surface area contributed by atoms with Gasteiger partial charge in [-0.2, -0.15) is 0 Å². The van der Waals surface area contributed by atoms with Crippen LogP contribution in [0.5, 0.6) is 0 Å². The standard InChI is InChI=1S/C14H25N3O4/c1-3-5-8-16(10-11(15)18)13(21)17-9-6-7-14(17,4-2)12(19)20/h3-10H2,1-2H3,(H2,15,18)(H,19,20). The van der Waals surface area contributed by atoms with E-state index in [0.717, 1.165) is 12.8 Å². The highest BCUT2D eigenvalue weighted by molar-refractivity contribution is 5.89. The Morgan fingerprint density at radius 2 is 2.00 bits per heavy atom. The second kappa shape index (κ2) is 7.28. The van der Waals surface area contributed by atoms with E-state index in [4.69, 9.17) is 5.73 Å². The normalized spacial score (nSPS) is 21.3. The van der Waals surface area contributed by atoms with Crippen LogP contribution in [0.4, 0.5) is 4.79 Å². The number of carbonyl (C=O) groups is 3. The van der Waals surface area contributed by atoms with Gasteiger partial charge in [-0.15, -0.1) is 0 Å². The summed E-state index contributed by atoms with van der Waals surface area (Å²) < 4.78 is 0. The van der Waals surface area contributed by atoms with Crippen LogP contribution in [0.25, 0.3) is 0 Å². The average molecular weight is 299 g/mol. The van der Waals surface area contributed by atoms with Gasteiger partial charge in [0.1, 0.15) is 12.1 Å². The van der Waals surface area contributed by atoms with Crippen molar-refractivity contribution in [3.05, 3.63) is 0 Å². The number of urea groups is 1. The zero-order chi connectivity index (χ0) is 16.0. The van der Waals surface area contributed by atoms with Crippen LogP contribution in [-0.2, 0) is 9.59 Å². The van der Waals surface area contributed by atoms with Gasteiger partial charge >= 0.3 is 12.0 Å². The average Bonchev–Trinajstić information content (AvgIpc) is 2.87. The van der Waals surface area contributed by atoms with Crippen molar-refractivity contribution in [1.82, 2.24) is 9.80 Å². The second-order valence-corrected chi connectivity index (χ2v) is 5.47. The summed E-state index contributed by atoms with van der Waals surface area (Å²) in [5, 5.41) is 9.52. The molecule has 120 valence electrons. The number of rotatable bonds is 7. The van der Waals surface area contributed by atoms with E-state index in [1.165, 1.54) is 9.80 Å². The van der Waals surface area contributed by atoms with E-state index in [-0.39, 0.29) is 6.54 Å². The van der Waals surface area contributed by atoms with Crippen molar-refractivity contribution in [2.24, 2.45) is 5.73 Å². The van der Waals surface area contributed by atoms with Gasteiger partial charge in [-0.25, -0.2) is 9.59 Å². The van der Waals surface area contributed by atoms with E-state index >= 15 is 0 Å². The lowest BCUT2D eigenvalue weighted by Gasteiger charge is -2.37. The molecular weight excluding hydrogens is 274 g/mol. The number of carboxylic acids is 1. The van der Waals surface area contributed by atoms with Crippen LogP contribution in [0, 0.1) is 0 Å². The maximum absolute atomic E-state index is 12.6. The van der Waals surface area contributed by atoms with E-state index in [1.54, 1.807) is 6.92 Å². The first-order valence-corrected chi connectivity index (χ1v) is 7.47.